The van der Waals surface area contributed by atoms with Crippen LogP contribution in [0, 0.1) is 0 Å². The van der Waals surface area contributed by atoms with Crippen molar-refractivity contribution < 1.29 is 0 Å². The molecule has 0 aliphatic rings. The Morgan fingerprint density at radius 1 is 1.17 bits per heavy atom. The van der Waals surface area contributed by atoms with E-state index in [1.807, 2.05) is 0 Å². The molecule has 0 radical (unpaired) electrons. The number of hydrogen-bond donors (Lipinski definition) is 0. The van der Waals surface area contributed by atoms with Gasteiger partial charge in [0.2, 0.25) is 0 Å². The van der Waals surface area contributed by atoms with Crippen LogP contribution in [0.5, 0.6) is 0 Å². The van der Waals surface area contributed by atoms with Gasteiger partial charge in [-0.1, -0.05) is 35.1 Å². The molecule has 0 amide bonds. The third kappa shape index (κ3) is 2.31. The molecule has 1 heterocycles. The third-order valence-electron chi connectivity index (χ3n) is 1.80. The average Bonchev–Trinajstić information content (AvgIpc) is 2.32. The SMILES string of the molecule is C.CC(C)c1csnc1C(C)C. The van der Waals surface area contributed by atoms with E-state index in [0.29, 0.717) is 11.8 Å². The third-order valence-corrected chi connectivity index (χ3v) is 2.46. The number of nitrogens with zero attached hydrogens (tertiary/aromatic N) is 1. The Labute approximate surface area is 80.0 Å². The van der Waals surface area contributed by atoms with Crippen LogP contribution in [0.2, 0.25) is 0 Å². The standard InChI is InChI=1S/C9H15NS.CH4/c1-6(2)8-5-11-10-9(8)7(3)4;/h5-7H,1-4H3;1H4. The zero-order valence-corrected chi connectivity index (χ0v) is 8.40. The van der Waals surface area contributed by atoms with E-state index in [-0.39, 0.29) is 7.43 Å². The molecule has 1 nitrogen and oxygen atoms in total. The topological polar surface area (TPSA) is 12.9 Å². The highest BCUT2D eigenvalue weighted by Crippen LogP contribution is 2.26. The van der Waals surface area contributed by atoms with Crippen molar-refractivity contribution in [3.8, 4) is 0 Å². The minimum absolute atomic E-state index is 0. The van der Waals surface area contributed by atoms with Crippen molar-refractivity contribution in [1.82, 2.24) is 4.37 Å². The van der Waals surface area contributed by atoms with Crippen LogP contribution in [0.1, 0.15) is 58.2 Å². The van der Waals surface area contributed by atoms with Gasteiger partial charge < -0.3 is 0 Å². The Balaban J connectivity index is 0.00000121. The lowest BCUT2D eigenvalue weighted by atomic mass is 9.98. The van der Waals surface area contributed by atoms with Crippen LogP contribution in [0.3, 0.4) is 0 Å². The van der Waals surface area contributed by atoms with Crippen molar-refractivity contribution in [2.45, 2.75) is 47.0 Å². The van der Waals surface area contributed by atoms with Crippen LogP contribution >= 0.6 is 11.5 Å². The summed E-state index contributed by atoms with van der Waals surface area (Å²) in [4.78, 5) is 0. The molecular weight excluding hydrogens is 166 g/mol. The molecule has 2 heteroatoms. The van der Waals surface area contributed by atoms with E-state index < -0.39 is 0 Å². The Hall–Kier alpha value is -0.370. The molecule has 0 saturated carbocycles. The maximum absolute atomic E-state index is 4.38. The smallest absolute Gasteiger partial charge is 0.0602 e. The molecule has 0 aromatic carbocycles. The fourth-order valence-electron chi connectivity index (χ4n) is 1.12. The lowest BCUT2D eigenvalue weighted by Crippen LogP contribution is -1.95. The van der Waals surface area contributed by atoms with Crippen molar-refractivity contribution >= 4 is 11.5 Å². The first-order valence-corrected chi connectivity index (χ1v) is 4.90. The number of aromatic nitrogens is 1. The second-order valence-corrected chi connectivity index (χ2v) is 4.09. The van der Waals surface area contributed by atoms with E-state index in [4.69, 9.17) is 0 Å². The fraction of sp³-hybridized carbons (Fsp3) is 0.700. The highest BCUT2D eigenvalue weighted by molar-refractivity contribution is 7.03. The second kappa shape index (κ2) is 4.61. The summed E-state index contributed by atoms with van der Waals surface area (Å²) in [6, 6.07) is 0. The molecule has 1 aromatic rings. The van der Waals surface area contributed by atoms with Gasteiger partial charge in [-0.15, -0.1) is 0 Å². The Morgan fingerprint density at radius 2 is 1.75 bits per heavy atom. The summed E-state index contributed by atoms with van der Waals surface area (Å²) in [7, 11) is 0. The maximum Gasteiger partial charge on any atom is 0.0602 e. The predicted octanol–water partition coefficient (Wildman–Crippen LogP) is 4.03. The molecule has 70 valence electrons. The summed E-state index contributed by atoms with van der Waals surface area (Å²) >= 11 is 1.57. The van der Waals surface area contributed by atoms with E-state index in [2.05, 4.69) is 37.4 Å². The summed E-state index contributed by atoms with van der Waals surface area (Å²) in [5, 5.41) is 2.17. The first kappa shape index (κ1) is 11.6. The first-order valence-electron chi connectivity index (χ1n) is 4.07. The molecule has 0 saturated heterocycles. The summed E-state index contributed by atoms with van der Waals surface area (Å²) in [6.45, 7) is 8.83. The summed E-state index contributed by atoms with van der Waals surface area (Å²) < 4.78 is 4.38. The van der Waals surface area contributed by atoms with Gasteiger partial charge >= 0.3 is 0 Å². The van der Waals surface area contributed by atoms with Crippen molar-refractivity contribution in [2.24, 2.45) is 0 Å². The van der Waals surface area contributed by atoms with Crippen LogP contribution in [0.15, 0.2) is 5.38 Å². The van der Waals surface area contributed by atoms with E-state index in [1.165, 1.54) is 11.3 Å². The van der Waals surface area contributed by atoms with Crippen LogP contribution in [-0.4, -0.2) is 4.37 Å². The van der Waals surface area contributed by atoms with Gasteiger partial charge in [0.05, 0.1) is 5.69 Å². The summed E-state index contributed by atoms with van der Waals surface area (Å²) in [5.74, 6) is 1.18. The molecule has 0 spiro atoms. The fourth-order valence-corrected chi connectivity index (χ4v) is 2.11. The predicted molar refractivity (Wildman–Crippen MR) is 57.0 cm³/mol. The van der Waals surface area contributed by atoms with E-state index in [9.17, 15) is 0 Å². The molecule has 1 aromatic heterocycles. The largest absolute Gasteiger partial charge is 0.197 e. The normalized spacial score (nSPS) is 10.5. The zero-order chi connectivity index (χ0) is 8.43. The molecule has 0 N–H and O–H groups in total. The first-order chi connectivity index (χ1) is 5.13. The minimum atomic E-state index is 0. The highest BCUT2D eigenvalue weighted by atomic mass is 32.1. The van der Waals surface area contributed by atoms with Crippen LogP contribution in [0.4, 0.5) is 0 Å². The van der Waals surface area contributed by atoms with Gasteiger partial charge in [-0.3, -0.25) is 0 Å². The Kier molecular flexibility index (Phi) is 4.46. The molecule has 12 heavy (non-hydrogen) atoms. The van der Waals surface area contributed by atoms with Crippen LogP contribution in [-0.2, 0) is 0 Å². The van der Waals surface area contributed by atoms with Gasteiger partial charge in [0.15, 0.2) is 0 Å². The van der Waals surface area contributed by atoms with Gasteiger partial charge in [-0.25, -0.2) is 0 Å². The van der Waals surface area contributed by atoms with Gasteiger partial charge in [-0.05, 0) is 28.9 Å². The highest BCUT2D eigenvalue weighted by Gasteiger charge is 2.11. The van der Waals surface area contributed by atoms with Gasteiger partial charge in [0.1, 0.15) is 0 Å². The quantitative estimate of drug-likeness (QED) is 0.678. The van der Waals surface area contributed by atoms with E-state index >= 15 is 0 Å². The molecule has 0 aliphatic heterocycles. The molecular formula is C10H19NS. The summed E-state index contributed by atoms with van der Waals surface area (Å²) in [6.07, 6.45) is 0. The monoisotopic (exact) mass is 185 g/mol. The van der Waals surface area contributed by atoms with Gasteiger partial charge in [0, 0.05) is 5.38 Å². The minimum Gasteiger partial charge on any atom is -0.197 e. The van der Waals surface area contributed by atoms with Crippen molar-refractivity contribution in [2.75, 3.05) is 0 Å². The molecule has 0 unspecified atom stereocenters. The van der Waals surface area contributed by atoms with Crippen molar-refractivity contribution in [1.29, 1.82) is 0 Å². The number of hydrogen-bond acceptors (Lipinski definition) is 2. The zero-order valence-electron chi connectivity index (χ0n) is 7.59. The van der Waals surface area contributed by atoms with Crippen molar-refractivity contribution in [3.05, 3.63) is 16.6 Å². The lowest BCUT2D eigenvalue weighted by molar-refractivity contribution is 0.776. The Bertz CT molecular complexity index is 203. The van der Waals surface area contributed by atoms with Gasteiger partial charge in [-0.2, -0.15) is 4.37 Å². The maximum atomic E-state index is 4.38. The van der Waals surface area contributed by atoms with Crippen molar-refractivity contribution in [3.63, 3.8) is 0 Å². The second-order valence-electron chi connectivity index (χ2n) is 3.46. The molecule has 1 rings (SSSR count). The van der Waals surface area contributed by atoms with E-state index in [1.54, 1.807) is 11.5 Å². The number of rotatable bonds is 2. The molecule has 0 atom stereocenters. The summed E-state index contributed by atoms with van der Waals surface area (Å²) in [5.41, 5.74) is 2.70. The van der Waals surface area contributed by atoms with Crippen LogP contribution in [0.25, 0.3) is 0 Å². The molecule has 0 aliphatic carbocycles. The molecule has 0 fully saturated rings. The lowest BCUT2D eigenvalue weighted by Gasteiger charge is -2.07. The average molecular weight is 185 g/mol. The Morgan fingerprint density at radius 3 is 2.08 bits per heavy atom. The van der Waals surface area contributed by atoms with Gasteiger partial charge in [0.25, 0.3) is 0 Å². The van der Waals surface area contributed by atoms with Crippen LogP contribution < -0.4 is 0 Å². The van der Waals surface area contributed by atoms with E-state index in [0.717, 1.165) is 0 Å². The molecule has 0 bridgehead atoms.